The van der Waals surface area contributed by atoms with Crippen molar-refractivity contribution in [2.75, 3.05) is 0 Å². The number of hydrogen-bond donors (Lipinski definition) is 0. The first-order valence-electron chi connectivity index (χ1n) is 28.7. The quantitative estimate of drug-likeness (QED) is 0.136. The van der Waals surface area contributed by atoms with E-state index in [2.05, 4.69) is 182 Å². The molecule has 86 heavy (non-hydrogen) atoms. The Balaban J connectivity index is 1.25. The highest BCUT2D eigenvalue weighted by Gasteiger charge is 2.51. The van der Waals surface area contributed by atoms with Gasteiger partial charge in [-0.15, -0.1) is 0 Å². The summed E-state index contributed by atoms with van der Waals surface area (Å²) in [6.45, 7) is 0. The summed E-state index contributed by atoms with van der Waals surface area (Å²) in [5.74, 6) is -2.31. The Morgan fingerprint density at radius 2 is 0.500 bits per heavy atom. The van der Waals surface area contributed by atoms with Gasteiger partial charge in [0.2, 0.25) is 0 Å². The maximum absolute atomic E-state index is 16.5. The number of hydrogen-bond acceptors (Lipinski definition) is 2. The van der Waals surface area contributed by atoms with Gasteiger partial charge in [0.05, 0.1) is 0 Å². The van der Waals surface area contributed by atoms with Crippen LogP contribution >= 0.6 is 10.3 Å². The molecule has 15 rings (SSSR count). The number of benzene rings is 15. The number of halogens is 3. The SMILES string of the molecule is O=C(OS(c1ccccc1)(c1c(-c2cccc3ccccc23)cc(-c2cccc3ccccc23)cc1-c1cccc2ccccc12)c1c(-c2cccc3ccccc23)cc(-c2cccc3ccccc23)cc1-c1cccc2ccccc12)C(F)(F)F. The Kier molecular flexibility index (Phi) is 12.9. The molecule has 0 aliphatic carbocycles. The molecule has 0 saturated heterocycles. The Bertz CT molecular complexity index is 4660. The number of rotatable bonds is 10. The van der Waals surface area contributed by atoms with Crippen LogP contribution in [0.3, 0.4) is 0 Å². The standard InChI is InChI=1S/C80H51F3O2S/c81-80(82,83)79(84)85-86(60-34-2-1-3-35-60,77-73(69-44-18-30-54-24-6-12-38-63(54)69)48-58(67-42-16-28-52-22-4-10-36-61(52)67)49-74(77)70-45-19-31-55-25-7-13-39-64(55)70)78-75(71-46-20-32-56-26-8-14-40-65(56)71)50-59(68-43-17-29-53-23-5-11-37-62(53)68)51-76(78)72-47-21-33-57-27-9-15-41-66(57)72/h1-51H. The fourth-order valence-corrected chi connectivity index (χ4v) is 16.7. The number of alkyl halides is 3. The first-order valence-corrected chi connectivity index (χ1v) is 30.2. The van der Waals surface area contributed by atoms with Crippen LogP contribution in [-0.2, 0) is 8.98 Å². The van der Waals surface area contributed by atoms with Gasteiger partial charge in [0.1, 0.15) is 0 Å². The van der Waals surface area contributed by atoms with Crippen LogP contribution in [0.15, 0.2) is 324 Å². The van der Waals surface area contributed by atoms with Gasteiger partial charge in [-0.05, 0) is 178 Å². The van der Waals surface area contributed by atoms with Crippen LogP contribution in [0.2, 0.25) is 0 Å². The number of carbonyl (C=O) groups excluding carboxylic acids is 1. The van der Waals surface area contributed by atoms with Crippen molar-refractivity contribution in [3.05, 3.63) is 309 Å². The zero-order valence-electron chi connectivity index (χ0n) is 46.3. The minimum absolute atomic E-state index is 0.388. The van der Waals surface area contributed by atoms with Gasteiger partial charge in [0, 0.05) is 14.7 Å². The highest BCUT2D eigenvalue weighted by atomic mass is 32.3. The summed E-state index contributed by atoms with van der Waals surface area (Å²) in [6.07, 6.45) is -5.46. The fraction of sp³-hybridized carbons (Fsp3) is 0.0125. The van der Waals surface area contributed by atoms with Crippen LogP contribution in [0.1, 0.15) is 0 Å². The highest BCUT2D eigenvalue weighted by Crippen LogP contribution is 2.77. The lowest BCUT2D eigenvalue weighted by atomic mass is 9.88. The van der Waals surface area contributed by atoms with E-state index in [0.29, 0.717) is 36.9 Å². The minimum Gasteiger partial charge on any atom is -0.395 e. The van der Waals surface area contributed by atoms with Gasteiger partial charge in [-0.1, -0.05) is 273 Å². The zero-order valence-corrected chi connectivity index (χ0v) is 47.1. The lowest BCUT2D eigenvalue weighted by Crippen LogP contribution is -2.28. The summed E-state index contributed by atoms with van der Waals surface area (Å²) in [7, 11) is -4.16. The molecule has 0 spiro atoms. The van der Waals surface area contributed by atoms with Crippen LogP contribution < -0.4 is 0 Å². The van der Waals surface area contributed by atoms with E-state index < -0.39 is 22.5 Å². The minimum atomic E-state index is -5.46. The third-order valence-corrected chi connectivity index (χ3v) is 20.1. The molecule has 2 nitrogen and oxygen atoms in total. The van der Waals surface area contributed by atoms with Gasteiger partial charge in [-0.3, -0.25) is 0 Å². The Morgan fingerprint density at radius 3 is 0.779 bits per heavy atom. The Hall–Kier alpha value is -10.5. The van der Waals surface area contributed by atoms with Crippen LogP contribution in [0.25, 0.3) is 131 Å². The summed E-state index contributed by atoms with van der Waals surface area (Å²) in [4.78, 5) is 16.6. The van der Waals surface area contributed by atoms with E-state index in [9.17, 15) is 0 Å². The molecule has 0 aromatic heterocycles. The summed E-state index contributed by atoms with van der Waals surface area (Å²) >= 11 is 0. The summed E-state index contributed by atoms with van der Waals surface area (Å²) in [5, 5.41) is 11.3. The smallest absolute Gasteiger partial charge is 0.395 e. The lowest BCUT2D eigenvalue weighted by molar-refractivity contribution is -0.188. The Morgan fingerprint density at radius 1 is 0.267 bits per heavy atom. The molecule has 15 aromatic carbocycles. The molecule has 0 fully saturated rings. The van der Waals surface area contributed by atoms with E-state index in [0.717, 1.165) is 109 Å². The zero-order chi connectivity index (χ0) is 57.9. The summed E-state index contributed by atoms with van der Waals surface area (Å²) < 4.78 is 56.6. The maximum atomic E-state index is 16.5. The molecule has 0 atom stereocenters. The molecule has 0 N–H and O–H groups in total. The molecule has 0 saturated carbocycles. The van der Waals surface area contributed by atoms with Gasteiger partial charge in [-0.25, -0.2) is 4.79 Å². The number of carbonyl (C=O) groups is 1. The summed E-state index contributed by atoms with van der Waals surface area (Å²) in [5.41, 5.74) is 8.95. The van der Waals surface area contributed by atoms with Crippen molar-refractivity contribution >= 4 is 80.9 Å². The average Bonchev–Trinajstić information content (AvgIpc) is 0.794. The topological polar surface area (TPSA) is 26.3 Å². The second-order valence-electron chi connectivity index (χ2n) is 21.7. The largest absolute Gasteiger partial charge is 0.491 e. The third-order valence-electron chi connectivity index (χ3n) is 16.8. The van der Waals surface area contributed by atoms with Crippen LogP contribution in [0, 0.1) is 0 Å². The van der Waals surface area contributed by atoms with Crippen molar-refractivity contribution < 1.29 is 22.1 Å². The molecular weight excluding hydrogens is 1080 g/mol. The Labute approximate surface area is 497 Å². The van der Waals surface area contributed by atoms with Gasteiger partial charge in [0.25, 0.3) is 0 Å². The highest BCUT2D eigenvalue weighted by molar-refractivity contribution is 8.30. The second kappa shape index (κ2) is 21.3. The van der Waals surface area contributed by atoms with E-state index >= 15 is 18.0 Å². The molecule has 0 heterocycles. The molecule has 0 amide bonds. The van der Waals surface area contributed by atoms with Gasteiger partial charge >= 0.3 is 12.1 Å². The predicted molar refractivity (Wildman–Crippen MR) is 352 cm³/mol. The molecule has 0 radical (unpaired) electrons. The van der Waals surface area contributed by atoms with Crippen molar-refractivity contribution in [3.63, 3.8) is 0 Å². The number of fused-ring (bicyclic) bond motifs is 6. The summed E-state index contributed by atoms with van der Waals surface area (Å²) in [6, 6.07) is 104. The van der Waals surface area contributed by atoms with Crippen molar-refractivity contribution in [1.29, 1.82) is 0 Å². The molecule has 6 heteroatoms. The normalized spacial score (nSPS) is 12.1. The first kappa shape index (κ1) is 52.3. The predicted octanol–water partition coefficient (Wildman–Crippen LogP) is 22.9. The van der Waals surface area contributed by atoms with Crippen LogP contribution in [0.5, 0.6) is 0 Å². The van der Waals surface area contributed by atoms with Crippen LogP contribution in [-0.4, -0.2) is 12.1 Å². The molecule has 0 aliphatic heterocycles. The second-order valence-corrected chi connectivity index (χ2v) is 24.3. The van der Waals surface area contributed by atoms with Crippen LogP contribution in [0.4, 0.5) is 13.2 Å². The van der Waals surface area contributed by atoms with Crippen molar-refractivity contribution in [2.45, 2.75) is 20.9 Å². The molecular formula is C80H51F3O2S. The lowest BCUT2D eigenvalue weighted by Gasteiger charge is -2.45. The van der Waals surface area contributed by atoms with E-state index in [1.807, 2.05) is 127 Å². The van der Waals surface area contributed by atoms with Gasteiger partial charge in [0.15, 0.2) is 0 Å². The molecule has 15 aromatic rings. The van der Waals surface area contributed by atoms with Crippen molar-refractivity contribution in [1.82, 2.24) is 0 Å². The van der Waals surface area contributed by atoms with Crippen molar-refractivity contribution in [3.8, 4) is 66.8 Å². The average molecular weight is 1130 g/mol. The fourth-order valence-electron chi connectivity index (χ4n) is 13.0. The molecule has 0 bridgehead atoms. The third kappa shape index (κ3) is 8.88. The van der Waals surface area contributed by atoms with Gasteiger partial charge < -0.3 is 4.18 Å². The molecule has 410 valence electrons. The first-order chi connectivity index (χ1) is 42.2. The van der Waals surface area contributed by atoms with E-state index in [1.54, 1.807) is 0 Å². The molecule has 0 unspecified atom stereocenters. The monoisotopic (exact) mass is 1130 g/mol. The van der Waals surface area contributed by atoms with Gasteiger partial charge in [-0.2, -0.15) is 13.2 Å². The molecule has 0 aliphatic rings. The van der Waals surface area contributed by atoms with E-state index in [1.165, 1.54) is 0 Å². The maximum Gasteiger partial charge on any atom is 0.491 e. The van der Waals surface area contributed by atoms with E-state index in [-0.39, 0.29) is 0 Å². The van der Waals surface area contributed by atoms with Crippen molar-refractivity contribution in [2.24, 2.45) is 0 Å². The van der Waals surface area contributed by atoms with E-state index in [4.69, 9.17) is 4.18 Å².